The van der Waals surface area contributed by atoms with Crippen LogP contribution in [-0.2, 0) is 34.4 Å². The molecule has 0 aliphatic carbocycles. The molecule has 0 aliphatic heterocycles. The Bertz CT molecular complexity index is 1740. The van der Waals surface area contributed by atoms with Gasteiger partial charge < -0.3 is 73.6 Å². The quantitative estimate of drug-likeness (QED) is 0.0319. The molecule has 0 radical (unpaired) electrons. The number of benzene rings is 3. The van der Waals surface area contributed by atoms with Crippen LogP contribution in [0.5, 0.6) is 17.2 Å². The maximum Gasteiger partial charge on any atom is 0.266 e. The van der Waals surface area contributed by atoms with Gasteiger partial charge >= 0.3 is 0 Å². The molecule has 0 aliphatic rings. The van der Waals surface area contributed by atoms with E-state index in [4.69, 9.17) is 63.1 Å². The molecule has 23 heteroatoms. The van der Waals surface area contributed by atoms with Crippen molar-refractivity contribution >= 4 is 37.3 Å². The minimum atomic E-state index is -4.03. The fourth-order valence-electron chi connectivity index (χ4n) is 5.31. The highest BCUT2D eigenvalue weighted by atomic mass is 32.2. The number of aliphatic hydroxyl groups excluding tert-OH is 5. The summed E-state index contributed by atoms with van der Waals surface area (Å²) in [4.78, 5) is 7.49. The second-order valence-electron chi connectivity index (χ2n) is 14.2. The van der Waals surface area contributed by atoms with Crippen LogP contribution < -0.4 is 28.9 Å². The highest BCUT2D eigenvalue weighted by molar-refractivity contribution is 7.86. The Morgan fingerprint density at radius 3 is 0.985 bits per heavy atom. The Morgan fingerprint density at radius 2 is 0.697 bits per heavy atom. The first-order valence-corrected chi connectivity index (χ1v) is 24.5. The van der Waals surface area contributed by atoms with Gasteiger partial charge in [-0.25, -0.2) is 0 Å². The number of rotatable bonds is 34. The van der Waals surface area contributed by atoms with Crippen molar-refractivity contribution in [3.8, 4) is 17.2 Å². The van der Waals surface area contributed by atoms with Gasteiger partial charge in [0, 0.05) is 70.4 Å². The smallest absolute Gasteiger partial charge is 0.266 e. The topological polar surface area (TPSA) is 278 Å². The van der Waals surface area contributed by atoms with Gasteiger partial charge in [0.1, 0.15) is 37.1 Å². The first-order valence-electron chi connectivity index (χ1n) is 21.3. The van der Waals surface area contributed by atoms with Crippen LogP contribution in [0.2, 0.25) is 0 Å². The normalized spacial score (nSPS) is 11.3. The number of ether oxygens (including phenoxy) is 6. The van der Waals surface area contributed by atoms with E-state index in [1.807, 2.05) is 79.7 Å². The van der Waals surface area contributed by atoms with Crippen LogP contribution in [0.25, 0.3) is 0 Å². The van der Waals surface area contributed by atoms with Gasteiger partial charge in [-0.05, 0) is 79.8 Å². The predicted molar refractivity (Wildman–Crippen MR) is 253 cm³/mol. The number of anilines is 3. The number of hydrogen-bond acceptors (Lipinski definition) is 19. The van der Waals surface area contributed by atoms with Crippen LogP contribution in [-0.4, -0.2) is 221 Å². The van der Waals surface area contributed by atoms with Gasteiger partial charge in [0.15, 0.2) is 0 Å². The lowest BCUT2D eigenvalue weighted by atomic mass is 10.2. The summed E-state index contributed by atoms with van der Waals surface area (Å²) in [5, 5.41) is 44.1. The molecule has 0 heterocycles. The predicted octanol–water partition coefficient (Wildman–Crippen LogP) is 0.594. The fraction of sp³-hybridized carbons (Fsp3) is 0.581. The standard InChI is InChI=1S/C26H40N2O7.C12H19NO4.C5H13NO6S2/c1-27(23-3-7-25(8-4-23)34-17-13-29)11-15-31-19-21-33-22-20-32-16-12-28(2)24-5-9-26(10-6-24)35-18-14-30;14-7-5-13(6-8-15)11-1-3-12(4-2-11)17-10-9-16;1-6(2-4-13(7,8)9)3-5-14(10,11)12/h3-10,29-30H,11-22H2,1-2H3;1-4,14-16H,5-10H2;2-5H2,1H3,(H,7,8,9)(H,10,11,12). The van der Waals surface area contributed by atoms with E-state index >= 15 is 0 Å². The second kappa shape index (κ2) is 36.0. The highest BCUT2D eigenvalue weighted by Crippen LogP contribution is 2.20. The Balaban J connectivity index is 0.000000580. The van der Waals surface area contributed by atoms with Gasteiger partial charge in [-0.15, -0.1) is 0 Å². The van der Waals surface area contributed by atoms with Gasteiger partial charge in [0.25, 0.3) is 20.2 Å². The monoisotopic (exact) mass is 980 g/mol. The molecule has 66 heavy (non-hydrogen) atoms. The molecule has 3 aromatic carbocycles. The molecule has 0 unspecified atom stereocenters. The second-order valence-corrected chi connectivity index (χ2v) is 17.3. The lowest BCUT2D eigenvalue weighted by molar-refractivity contribution is 0.0173. The molecule has 21 nitrogen and oxygen atoms in total. The van der Waals surface area contributed by atoms with Crippen molar-refractivity contribution in [2.75, 3.05) is 179 Å². The largest absolute Gasteiger partial charge is 0.491 e. The Kier molecular flexibility index (Phi) is 32.7. The summed E-state index contributed by atoms with van der Waals surface area (Å²) in [6, 6.07) is 22.8. The maximum atomic E-state index is 10.3. The third-order valence-electron chi connectivity index (χ3n) is 8.92. The third-order valence-corrected chi connectivity index (χ3v) is 10.3. The van der Waals surface area contributed by atoms with Gasteiger partial charge in [-0.1, -0.05) is 0 Å². The summed E-state index contributed by atoms with van der Waals surface area (Å²) < 4.78 is 90.8. The Morgan fingerprint density at radius 1 is 0.394 bits per heavy atom. The molecule has 0 spiro atoms. The molecule has 0 amide bonds. The minimum absolute atomic E-state index is 0.00760. The first kappa shape index (κ1) is 59.9. The van der Waals surface area contributed by atoms with Crippen LogP contribution >= 0.6 is 0 Å². The zero-order chi connectivity index (χ0) is 49.1. The molecular weight excluding hydrogens is 909 g/mol. The van der Waals surface area contributed by atoms with Crippen molar-refractivity contribution in [1.82, 2.24) is 4.90 Å². The average molecular weight is 981 g/mol. The summed E-state index contributed by atoms with van der Waals surface area (Å²) in [7, 11) is -2.54. The molecule has 3 aromatic rings. The van der Waals surface area contributed by atoms with Crippen LogP contribution in [0.1, 0.15) is 0 Å². The maximum absolute atomic E-state index is 10.3. The molecule has 0 atom stereocenters. The Hall–Kier alpha value is -4.08. The number of likely N-dealkylation sites (N-methyl/N-ethyl adjacent to an activating group) is 2. The molecule has 378 valence electrons. The summed E-state index contributed by atoms with van der Waals surface area (Å²) in [5.41, 5.74) is 3.07. The minimum Gasteiger partial charge on any atom is -0.491 e. The summed E-state index contributed by atoms with van der Waals surface area (Å²) in [5.74, 6) is 1.26. The van der Waals surface area contributed by atoms with Crippen LogP contribution in [0.4, 0.5) is 17.1 Å². The van der Waals surface area contributed by atoms with Gasteiger partial charge in [0.2, 0.25) is 0 Å². The van der Waals surface area contributed by atoms with E-state index in [2.05, 4.69) is 9.80 Å². The van der Waals surface area contributed by atoms with Crippen molar-refractivity contribution in [1.29, 1.82) is 0 Å². The number of aliphatic hydroxyl groups is 5. The van der Waals surface area contributed by atoms with Crippen LogP contribution in [0.3, 0.4) is 0 Å². The van der Waals surface area contributed by atoms with E-state index in [1.54, 1.807) is 12.1 Å². The molecule has 7 N–H and O–H groups in total. The third kappa shape index (κ3) is 31.0. The number of nitrogens with zero attached hydrogens (tertiary/aromatic N) is 4. The molecular formula is C43H72N4O17S2. The van der Waals surface area contributed by atoms with Gasteiger partial charge in [0.05, 0.1) is 84.2 Å². The van der Waals surface area contributed by atoms with E-state index in [-0.39, 0.29) is 52.7 Å². The molecule has 0 saturated carbocycles. The number of hydrogen-bond donors (Lipinski definition) is 7. The van der Waals surface area contributed by atoms with E-state index in [9.17, 15) is 16.8 Å². The Labute approximate surface area is 390 Å². The van der Waals surface area contributed by atoms with E-state index in [0.29, 0.717) is 71.7 Å². The molecule has 0 bridgehead atoms. The summed E-state index contributed by atoms with van der Waals surface area (Å²) in [6.45, 7) is 6.87. The van der Waals surface area contributed by atoms with Crippen molar-refractivity contribution in [2.24, 2.45) is 0 Å². The zero-order valence-electron chi connectivity index (χ0n) is 38.3. The van der Waals surface area contributed by atoms with Gasteiger partial charge in [-0.2, -0.15) is 16.8 Å². The highest BCUT2D eigenvalue weighted by Gasteiger charge is 2.11. The van der Waals surface area contributed by atoms with Crippen molar-refractivity contribution in [3.05, 3.63) is 72.8 Å². The molecule has 0 aromatic heterocycles. The SMILES string of the molecule is CN(CCOCCOCCOCCN(C)c1ccc(OCCO)cc1)c1ccc(OCCO)cc1.CN(CCS(=O)(=O)O)CCS(=O)(=O)O.OCCOc1ccc(N(CCO)CCO)cc1. The van der Waals surface area contributed by atoms with Crippen LogP contribution in [0.15, 0.2) is 72.8 Å². The van der Waals surface area contributed by atoms with E-state index in [0.717, 1.165) is 41.7 Å². The fourth-order valence-corrected chi connectivity index (χ4v) is 6.39. The lowest BCUT2D eigenvalue weighted by Gasteiger charge is -2.23. The van der Waals surface area contributed by atoms with E-state index in [1.165, 1.54) is 11.9 Å². The average Bonchev–Trinajstić information content (AvgIpc) is 3.30. The first-order chi connectivity index (χ1) is 31.5. The zero-order valence-corrected chi connectivity index (χ0v) is 39.9. The molecule has 3 rings (SSSR count). The van der Waals surface area contributed by atoms with Crippen molar-refractivity contribution < 1.29 is 79.9 Å². The van der Waals surface area contributed by atoms with Crippen molar-refractivity contribution in [3.63, 3.8) is 0 Å². The summed E-state index contributed by atoms with van der Waals surface area (Å²) in [6.07, 6.45) is 0. The van der Waals surface area contributed by atoms with Gasteiger partial charge in [-0.3, -0.25) is 9.11 Å². The molecule has 0 saturated heterocycles. The lowest BCUT2D eigenvalue weighted by Crippen LogP contribution is -2.30. The van der Waals surface area contributed by atoms with Crippen LogP contribution in [0, 0.1) is 0 Å². The summed E-state index contributed by atoms with van der Waals surface area (Å²) >= 11 is 0. The van der Waals surface area contributed by atoms with E-state index < -0.39 is 31.7 Å². The van der Waals surface area contributed by atoms with Crippen molar-refractivity contribution in [2.45, 2.75) is 0 Å². The molecule has 0 fully saturated rings.